The predicted molar refractivity (Wildman–Crippen MR) is 92.2 cm³/mol. The molecule has 0 amide bonds. The summed E-state index contributed by atoms with van der Waals surface area (Å²) in [7, 11) is -3.75. The van der Waals surface area contributed by atoms with Gasteiger partial charge in [0.05, 0.1) is 11.6 Å². The van der Waals surface area contributed by atoms with Gasteiger partial charge >= 0.3 is 0 Å². The highest BCUT2D eigenvalue weighted by molar-refractivity contribution is 7.89. The maximum atomic E-state index is 13.1. The topological polar surface area (TPSA) is 63.4 Å². The zero-order valence-corrected chi connectivity index (χ0v) is 14.2. The van der Waals surface area contributed by atoms with Crippen molar-refractivity contribution in [1.82, 2.24) is 4.31 Å². The number of nitrogens with zero attached hydrogens (tertiary/aromatic N) is 1. The molecule has 0 bridgehead atoms. The zero-order chi connectivity index (χ0) is 16.6. The van der Waals surface area contributed by atoms with Gasteiger partial charge in [-0.1, -0.05) is 54.1 Å². The fraction of sp³-hybridized carbons (Fsp3) is 0.176. The van der Waals surface area contributed by atoms with Gasteiger partial charge in [0.2, 0.25) is 0 Å². The Labute approximate surface area is 141 Å². The summed E-state index contributed by atoms with van der Waals surface area (Å²) in [6.07, 6.45) is 1.80. The zero-order valence-electron chi connectivity index (χ0n) is 12.6. The fourth-order valence-electron chi connectivity index (χ4n) is 2.68. The van der Waals surface area contributed by atoms with Crippen LogP contribution in [0.3, 0.4) is 0 Å². The normalized spacial score (nSPS) is 17.3. The lowest BCUT2D eigenvalue weighted by molar-refractivity contribution is 0.449. The van der Waals surface area contributed by atoms with Crippen molar-refractivity contribution in [2.75, 3.05) is 0 Å². The van der Waals surface area contributed by atoms with Crippen molar-refractivity contribution in [3.8, 4) is 0 Å². The Balaban J connectivity index is 2.16. The van der Waals surface area contributed by atoms with Crippen LogP contribution in [0.25, 0.3) is 6.08 Å². The van der Waals surface area contributed by atoms with Gasteiger partial charge in [-0.25, -0.2) is 8.42 Å². The van der Waals surface area contributed by atoms with Crippen LogP contribution < -0.4 is 5.73 Å². The van der Waals surface area contributed by atoms with Gasteiger partial charge in [0, 0.05) is 11.7 Å². The van der Waals surface area contributed by atoms with E-state index in [0.29, 0.717) is 11.3 Å². The minimum Gasteiger partial charge on any atom is -0.323 e. The van der Waals surface area contributed by atoms with Crippen LogP contribution in [-0.4, -0.2) is 18.8 Å². The van der Waals surface area contributed by atoms with Crippen molar-refractivity contribution in [3.63, 3.8) is 0 Å². The second kappa shape index (κ2) is 6.00. The van der Waals surface area contributed by atoms with E-state index < -0.39 is 16.1 Å². The summed E-state index contributed by atoms with van der Waals surface area (Å²) in [6, 6.07) is 14.1. The van der Waals surface area contributed by atoms with E-state index >= 15 is 0 Å². The largest absolute Gasteiger partial charge is 0.323 e. The number of nitrogens with two attached hydrogens (primary N) is 1. The minimum atomic E-state index is -3.75. The third-order valence-electron chi connectivity index (χ3n) is 3.77. The molecule has 3 rings (SSSR count). The summed E-state index contributed by atoms with van der Waals surface area (Å²) in [5.74, 6) is 0. The summed E-state index contributed by atoms with van der Waals surface area (Å²) < 4.78 is 27.5. The van der Waals surface area contributed by atoms with Crippen LogP contribution in [0.2, 0.25) is 5.02 Å². The first-order valence-corrected chi connectivity index (χ1v) is 9.05. The maximum Gasteiger partial charge on any atom is 0.266 e. The number of hydrogen-bond donors (Lipinski definition) is 1. The molecule has 2 aromatic carbocycles. The Bertz CT molecular complexity index is 861. The van der Waals surface area contributed by atoms with Crippen LogP contribution in [0.15, 0.2) is 59.1 Å². The van der Waals surface area contributed by atoms with Gasteiger partial charge in [0.1, 0.15) is 4.90 Å². The van der Waals surface area contributed by atoms with Crippen LogP contribution in [0.5, 0.6) is 0 Å². The standard InChI is InChI=1S/C17H17ClN2O2S/c1-12(19)16-10-14-8-5-9-15(18)17(14)23(21,22)20(16)11-13-6-3-2-4-7-13/h2-10,12H,11,19H2,1H3/t12-/m0/s1. The van der Waals surface area contributed by atoms with Crippen molar-refractivity contribution in [2.45, 2.75) is 24.4 Å². The highest BCUT2D eigenvalue weighted by atomic mass is 35.5. The number of hydrogen-bond acceptors (Lipinski definition) is 3. The molecule has 0 spiro atoms. The van der Waals surface area contributed by atoms with Crippen LogP contribution in [-0.2, 0) is 16.6 Å². The first kappa shape index (κ1) is 16.1. The van der Waals surface area contributed by atoms with Crippen molar-refractivity contribution in [3.05, 3.63) is 70.4 Å². The third-order valence-corrected chi connectivity index (χ3v) is 6.09. The molecule has 2 N–H and O–H groups in total. The minimum absolute atomic E-state index is 0.141. The van der Waals surface area contributed by atoms with Gasteiger partial charge in [0.15, 0.2) is 0 Å². The van der Waals surface area contributed by atoms with E-state index in [1.165, 1.54) is 4.31 Å². The summed E-state index contributed by atoms with van der Waals surface area (Å²) >= 11 is 6.16. The van der Waals surface area contributed by atoms with Crippen LogP contribution in [0.4, 0.5) is 0 Å². The monoisotopic (exact) mass is 348 g/mol. The van der Waals surface area contributed by atoms with Gasteiger partial charge in [-0.3, -0.25) is 4.31 Å². The van der Waals surface area contributed by atoms with E-state index in [1.807, 2.05) is 30.3 Å². The second-order valence-corrected chi connectivity index (χ2v) is 7.72. The molecule has 0 radical (unpaired) electrons. The summed E-state index contributed by atoms with van der Waals surface area (Å²) in [5.41, 5.74) is 8.04. The molecule has 120 valence electrons. The van der Waals surface area contributed by atoms with Crippen LogP contribution in [0.1, 0.15) is 18.1 Å². The highest BCUT2D eigenvalue weighted by Crippen LogP contribution is 2.37. The molecule has 0 saturated carbocycles. The summed E-state index contributed by atoms with van der Waals surface area (Å²) in [4.78, 5) is 0.141. The Hall–Kier alpha value is -1.82. The van der Waals surface area contributed by atoms with E-state index in [-0.39, 0.29) is 16.5 Å². The molecule has 6 heteroatoms. The highest BCUT2D eigenvalue weighted by Gasteiger charge is 2.35. The van der Waals surface area contributed by atoms with E-state index in [4.69, 9.17) is 17.3 Å². The Morgan fingerprint density at radius 3 is 2.48 bits per heavy atom. The number of sulfonamides is 1. The first-order chi connectivity index (χ1) is 10.9. The average molecular weight is 349 g/mol. The Morgan fingerprint density at radius 2 is 1.83 bits per heavy atom. The summed E-state index contributed by atoms with van der Waals surface area (Å²) in [6.45, 7) is 2.00. The van der Waals surface area contributed by atoms with E-state index in [2.05, 4.69) is 0 Å². The molecule has 4 nitrogen and oxygen atoms in total. The average Bonchev–Trinajstić information content (AvgIpc) is 2.50. The SMILES string of the molecule is C[C@H](N)C1=Cc2cccc(Cl)c2S(=O)(=O)N1Cc1ccccc1. The second-order valence-electron chi connectivity index (χ2n) is 5.51. The quantitative estimate of drug-likeness (QED) is 0.926. The first-order valence-electron chi connectivity index (χ1n) is 7.23. The van der Waals surface area contributed by atoms with E-state index in [9.17, 15) is 8.42 Å². The lowest BCUT2D eigenvalue weighted by Crippen LogP contribution is -2.39. The molecular weight excluding hydrogens is 332 g/mol. The third kappa shape index (κ3) is 2.87. The molecule has 0 fully saturated rings. The number of rotatable bonds is 3. The van der Waals surface area contributed by atoms with Gasteiger partial charge in [-0.2, -0.15) is 0 Å². The number of halogens is 1. The van der Waals surface area contributed by atoms with E-state index in [1.54, 1.807) is 31.2 Å². The molecule has 2 aromatic rings. The van der Waals surface area contributed by atoms with Crippen LogP contribution >= 0.6 is 11.6 Å². The van der Waals surface area contributed by atoms with Crippen molar-refractivity contribution < 1.29 is 8.42 Å². The van der Waals surface area contributed by atoms with Crippen LogP contribution in [0, 0.1) is 0 Å². The molecular formula is C17H17ClN2O2S. The molecule has 0 saturated heterocycles. The lowest BCUT2D eigenvalue weighted by Gasteiger charge is -2.33. The smallest absolute Gasteiger partial charge is 0.266 e. The van der Waals surface area contributed by atoms with Crippen molar-refractivity contribution in [1.29, 1.82) is 0 Å². The molecule has 1 heterocycles. The number of fused-ring (bicyclic) bond motifs is 1. The Morgan fingerprint density at radius 1 is 1.13 bits per heavy atom. The molecule has 1 atom stereocenters. The molecule has 0 unspecified atom stereocenters. The predicted octanol–water partition coefficient (Wildman–Crippen LogP) is 3.23. The van der Waals surface area contributed by atoms with Crippen molar-refractivity contribution in [2.24, 2.45) is 5.73 Å². The number of benzene rings is 2. The molecule has 0 aliphatic carbocycles. The molecule has 1 aliphatic heterocycles. The summed E-state index contributed by atoms with van der Waals surface area (Å²) in [5, 5.41) is 0.223. The molecule has 1 aliphatic rings. The van der Waals surface area contributed by atoms with Gasteiger partial charge < -0.3 is 5.73 Å². The van der Waals surface area contributed by atoms with Gasteiger partial charge in [0.25, 0.3) is 10.0 Å². The van der Waals surface area contributed by atoms with Gasteiger partial charge in [-0.05, 0) is 30.2 Å². The van der Waals surface area contributed by atoms with Crippen molar-refractivity contribution >= 4 is 27.7 Å². The molecule has 23 heavy (non-hydrogen) atoms. The van der Waals surface area contributed by atoms with E-state index in [0.717, 1.165) is 5.56 Å². The van der Waals surface area contributed by atoms with Gasteiger partial charge in [-0.15, -0.1) is 0 Å². The fourth-order valence-corrected chi connectivity index (χ4v) is 4.93. The Kier molecular flexibility index (Phi) is 4.19. The maximum absolute atomic E-state index is 13.1. The molecule has 0 aromatic heterocycles. The lowest BCUT2D eigenvalue weighted by atomic mass is 10.1.